The molecule has 6 heteroatoms. The fourth-order valence-electron chi connectivity index (χ4n) is 3.58. The second-order valence-electron chi connectivity index (χ2n) is 7.19. The van der Waals surface area contributed by atoms with Crippen molar-refractivity contribution in [3.63, 3.8) is 0 Å². The van der Waals surface area contributed by atoms with Crippen molar-refractivity contribution < 1.29 is 20.1 Å². The molecule has 2 aromatic rings. The van der Waals surface area contributed by atoms with Gasteiger partial charge >= 0.3 is 0 Å². The van der Waals surface area contributed by atoms with Gasteiger partial charge in [0, 0.05) is 10.3 Å². The predicted octanol–water partition coefficient (Wildman–Crippen LogP) is 3.90. The highest BCUT2D eigenvalue weighted by Gasteiger charge is 2.36. The first kappa shape index (κ1) is 21.5. The molecule has 4 atom stereocenters. The number of aryl methyl sites for hydroxylation is 1. The summed E-state index contributed by atoms with van der Waals surface area (Å²) >= 11 is 7.97. The Bertz CT molecular complexity index is 813. The Morgan fingerprint density at radius 3 is 2.61 bits per heavy atom. The number of aliphatic hydroxyl groups excluding tert-OH is 3. The summed E-state index contributed by atoms with van der Waals surface area (Å²) in [7, 11) is 0. The van der Waals surface area contributed by atoms with Crippen molar-refractivity contribution in [3.8, 4) is 5.75 Å². The molecule has 0 radical (unpaired) electrons. The lowest BCUT2D eigenvalue weighted by Gasteiger charge is -2.36. The van der Waals surface area contributed by atoms with Crippen molar-refractivity contribution in [2.75, 3.05) is 13.2 Å². The monoisotopic (exact) mass is 422 g/mol. The van der Waals surface area contributed by atoms with E-state index in [4.69, 9.17) is 16.3 Å². The van der Waals surface area contributed by atoms with E-state index in [2.05, 4.69) is 19.1 Å². The van der Waals surface area contributed by atoms with Gasteiger partial charge in [-0.05, 0) is 67.1 Å². The van der Waals surface area contributed by atoms with Crippen LogP contribution in [0.3, 0.4) is 0 Å². The van der Waals surface area contributed by atoms with E-state index in [0.717, 1.165) is 22.4 Å². The van der Waals surface area contributed by atoms with Crippen LogP contribution in [0.1, 0.15) is 40.8 Å². The summed E-state index contributed by atoms with van der Waals surface area (Å²) in [6.07, 6.45) is -0.581. The highest BCUT2D eigenvalue weighted by Crippen LogP contribution is 2.43. The maximum Gasteiger partial charge on any atom is 0.119 e. The SMILES string of the molecule is CCOc1ccc(Cc2cc([C@H]3C[C@@H](O)[C@H](O)[C@@H](CO)S3)ccc2Cl)c(C)c1. The van der Waals surface area contributed by atoms with Crippen molar-refractivity contribution >= 4 is 23.4 Å². The maximum absolute atomic E-state index is 10.2. The number of halogens is 1. The molecule has 1 aliphatic heterocycles. The lowest BCUT2D eigenvalue weighted by molar-refractivity contribution is -0.000196. The van der Waals surface area contributed by atoms with Gasteiger partial charge in [0.1, 0.15) is 5.75 Å². The van der Waals surface area contributed by atoms with Gasteiger partial charge in [0.05, 0.1) is 30.7 Å². The number of benzene rings is 2. The summed E-state index contributed by atoms with van der Waals surface area (Å²) in [6.45, 7) is 4.51. The van der Waals surface area contributed by atoms with Crippen LogP contribution in [0.15, 0.2) is 36.4 Å². The van der Waals surface area contributed by atoms with E-state index < -0.39 is 12.2 Å². The summed E-state index contributed by atoms with van der Waals surface area (Å²) in [5, 5.41) is 30.0. The highest BCUT2D eigenvalue weighted by atomic mass is 35.5. The van der Waals surface area contributed by atoms with Crippen molar-refractivity contribution in [2.45, 2.75) is 49.4 Å². The van der Waals surface area contributed by atoms with Gasteiger partial charge in [-0.15, -0.1) is 11.8 Å². The van der Waals surface area contributed by atoms with Crippen LogP contribution in [0.2, 0.25) is 5.02 Å². The van der Waals surface area contributed by atoms with Crippen LogP contribution < -0.4 is 4.74 Å². The van der Waals surface area contributed by atoms with Crippen LogP contribution in [-0.2, 0) is 6.42 Å². The highest BCUT2D eigenvalue weighted by molar-refractivity contribution is 8.00. The van der Waals surface area contributed by atoms with Gasteiger partial charge in [-0.2, -0.15) is 0 Å². The van der Waals surface area contributed by atoms with Crippen LogP contribution >= 0.6 is 23.4 Å². The van der Waals surface area contributed by atoms with Gasteiger partial charge < -0.3 is 20.1 Å². The fraction of sp³-hybridized carbons (Fsp3) is 0.455. The van der Waals surface area contributed by atoms with Gasteiger partial charge in [0.25, 0.3) is 0 Å². The van der Waals surface area contributed by atoms with Crippen LogP contribution in [0.25, 0.3) is 0 Å². The smallest absolute Gasteiger partial charge is 0.119 e. The van der Waals surface area contributed by atoms with E-state index in [9.17, 15) is 15.3 Å². The van der Waals surface area contributed by atoms with Crippen molar-refractivity contribution in [1.29, 1.82) is 0 Å². The topological polar surface area (TPSA) is 69.9 Å². The molecule has 3 rings (SSSR count). The molecule has 0 unspecified atom stereocenters. The van der Waals surface area contributed by atoms with Crippen LogP contribution in [0, 0.1) is 6.92 Å². The summed E-state index contributed by atoms with van der Waals surface area (Å²) < 4.78 is 5.56. The average molecular weight is 423 g/mol. The Hall–Kier alpha value is -1.24. The molecule has 0 saturated carbocycles. The molecule has 152 valence electrons. The van der Waals surface area contributed by atoms with E-state index in [0.29, 0.717) is 24.5 Å². The first-order valence-corrected chi connectivity index (χ1v) is 10.9. The molecule has 0 spiro atoms. The molecule has 1 heterocycles. The van der Waals surface area contributed by atoms with E-state index >= 15 is 0 Å². The van der Waals surface area contributed by atoms with E-state index in [1.54, 1.807) is 0 Å². The fourth-order valence-corrected chi connectivity index (χ4v) is 5.22. The average Bonchev–Trinajstić information content (AvgIpc) is 2.68. The molecule has 2 aromatic carbocycles. The lowest BCUT2D eigenvalue weighted by Crippen LogP contribution is -2.42. The Balaban J connectivity index is 1.82. The number of ether oxygens (including phenoxy) is 1. The third-order valence-electron chi connectivity index (χ3n) is 5.20. The Labute approximate surface area is 175 Å². The van der Waals surface area contributed by atoms with Gasteiger partial charge in [-0.3, -0.25) is 0 Å². The zero-order chi connectivity index (χ0) is 20.3. The zero-order valence-corrected chi connectivity index (χ0v) is 17.7. The van der Waals surface area contributed by atoms with Crippen molar-refractivity contribution in [3.05, 3.63) is 63.7 Å². The third kappa shape index (κ3) is 4.84. The van der Waals surface area contributed by atoms with Crippen LogP contribution in [0.4, 0.5) is 0 Å². The van der Waals surface area contributed by atoms with Gasteiger partial charge in [0.2, 0.25) is 0 Å². The number of hydrogen-bond donors (Lipinski definition) is 3. The number of thioether (sulfide) groups is 1. The standard InChI is InChI=1S/C22H27ClO4S/c1-3-27-17-6-4-14(13(2)8-17)9-16-10-15(5-7-18(16)23)20-11-19(25)22(26)21(12-24)28-20/h4-8,10,19-22,24-26H,3,9,11-12H2,1-2H3/t19-,20-,21-,22+/m1/s1. The quantitative estimate of drug-likeness (QED) is 0.658. The van der Waals surface area contributed by atoms with Crippen LogP contribution in [-0.4, -0.2) is 46.0 Å². The molecule has 4 nitrogen and oxygen atoms in total. The van der Waals surface area contributed by atoms with E-state index in [1.165, 1.54) is 17.3 Å². The minimum atomic E-state index is -0.899. The third-order valence-corrected chi connectivity index (χ3v) is 7.14. The largest absolute Gasteiger partial charge is 0.494 e. The second kappa shape index (κ2) is 9.51. The van der Waals surface area contributed by atoms with E-state index in [-0.39, 0.29) is 17.1 Å². The molecule has 0 bridgehead atoms. The molecule has 0 aromatic heterocycles. The first-order chi connectivity index (χ1) is 13.4. The molecular weight excluding hydrogens is 396 g/mol. The van der Waals surface area contributed by atoms with Crippen molar-refractivity contribution in [2.24, 2.45) is 0 Å². The summed E-state index contributed by atoms with van der Waals surface area (Å²) in [5.41, 5.74) is 4.41. The molecule has 1 aliphatic rings. The first-order valence-electron chi connectivity index (χ1n) is 9.56. The molecule has 0 aliphatic carbocycles. The normalized spacial score (nSPS) is 24.9. The minimum absolute atomic E-state index is 0.00740. The van der Waals surface area contributed by atoms with Crippen LogP contribution in [0.5, 0.6) is 5.75 Å². The molecular formula is C22H27ClO4S. The van der Waals surface area contributed by atoms with E-state index in [1.807, 2.05) is 31.2 Å². The molecule has 0 amide bonds. The maximum atomic E-state index is 10.2. The van der Waals surface area contributed by atoms with Gasteiger partial charge in [-0.25, -0.2) is 0 Å². The Kier molecular flexibility index (Phi) is 7.29. The van der Waals surface area contributed by atoms with Gasteiger partial charge in [0.15, 0.2) is 0 Å². The summed E-state index contributed by atoms with van der Waals surface area (Å²) in [6, 6.07) is 12.0. The zero-order valence-electron chi connectivity index (χ0n) is 16.1. The lowest BCUT2D eigenvalue weighted by atomic mass is 9.95. The molecule has 1 saturated heterocycles. The number of hydrogen-bond acceptors (Lipinski definition) is 5. The molecule has 1 fully saturated rings. The molecule has 3 N–H and O–H groups in total. The van der Waals surface area contributed by atoms with Crippen molar-refractivity contribution in [1.82, 2.24) is 0 Å². The predicted molar refractivity (Wildman–Crippen MR) is 114 cm³/mol. The number of rotatable bonds is 6. The number of aliphatic hydroxyl groups is 3. The summed E-state index contributed by atoms with van der Waals surface area (Å²) in [4.78, 5) is 0. The second-order valence-corrected chi connectivity index (χ2v) is 9.04. The minimum Gasteiger partial charge on any atom is -0.494 e. The Morgan fingerprint density at radius 2 is 1.93 bits per heavy atom. The van der Waals surface area contributed by atoms with Gasteiger partial charge in [-0.1, -0.05) is 29.8 Å². The molecule has 28 heavy (non-hydrogen) atoms. The Morgan fingerprint density at radius 1 is 1.14 bits per heavy atom. The summed E-state index contributed by atoms with van der Waals surface area (Å²) in [5.74, 6) is 0.866.